The van der Waals surface area contributed by atoms with Gasteiger partial charge in [-0.05, 0) is 30.7 Å². The summed E-state index contributed by atoms with van der Waals surface area (Å²) >= 11 is 0. The number of nitrogens with one attached hydrogen (secondary N) is 2. The van der Waals surface area contributed by atoms with Crippen molar-refractivity contribution in [2.45, 2.75) is 13.3 Å². The van der Waals surface area contributed by atoms with Gasteiger partial charge in [0.05, 0.1) is 6.54 Å². The number of ether oxygens (including phenoxy) is 1. The molecule has 0 aliphatic carbocycles. The van der Waals surface area contributed by atoms with E-state index in [4.69, 9.17) is 4.74 Å². The zero-order chi connectivity index (χ0) is 14.6. The van der Waals surface area contributed by atoms with Crippen LogP contribution in [-0.2, 0) is 14.9 Å². The van der Waals surface area contributed by atoms with Gasteiger partial charge in [-0.2, -0.15) is 13.1 Å². The lowest BCUT2D eigenvalue weighted by Gasteiger charge is -2.14. The maximum Gasteiger partial charge on any atom is 0.414 e. The third kappa shape index (κ3) is 3.61. The maximum absolute atomic E-state index is 11.6. The minimum atomic E-state index is -3.54. The molecule has 1 fully saturated rings. The molecule has 1 aromatic carbocycles. The SMILES string of the molecule is CCCNS(=O)(=O)Nc1ccc(N2CCOC2=O)cc1. The van der Waals surface area contributed by atoms with Gasteiger partial charge in [0.1, 0.15) is 6.61 Å². The highest BCUT2D eigenvalue weighted by molar-refractivity contribution is 7.90. The van der Waals surface area contributed by atoms with E-state index in [0.29, 0.717) is 31.1 Å². The van der Waals surface area contributed by atoms with Crippen LogP contribution >= 0.6 is 0 Å². The van der Waals surface area contributed by atoms with Gasteiger partial charge < -0.3 is 4.74 Å². The highest BCUT2D eigenvalue weighted by Crippen LogP contribution is 2.21. The lowest BCUT2D eigenvalue weighted by molar-refractivity contribution is 0.181. The second kappa shape index (κ2) is 6.10. The number of carbonyl (C=O) groups is 1. The molecule has 2 N–H and O–H groups in total. The van der Waals surface area contributed by atoms with Crippen molar-refractivity contribution in [2.24, 2.45) is 0 Å². The molecular weight excluding hydrogens is 282 g/mol. The molecule has 110 valence electrons. The van der Waals surface area contributed by atoms with E-state index in [2.05, 4.69) is 9.44 Å². The second-order valence-corrected chi connectivity index (χ2v) is 5.81. The van der Waals surface area contributed by atoms with E-state index in [1.165, 1.54) is 4.90 Å². The Bertz CT molecular complexity index is 571. The number of anilines is 2. The number of carbonyl (C=O) groups excluding carboxylic acids is 1. The van der Waals surface area contributed by atoms with Crippen LogP contribution in [0.5, 0.6) is 0 Å². The van der Waals surface area contributed by atoms with Crippen LogP contribution in [-0.4, -0.2) is 34.2 Å². The Morgan fingerprint density at radius 2 is 2.00 bits per heavy atom. The average Bonchev–Trinajstić information content (AvgIpc) is 2.83. The van der Waals surface area contributed by atoms with Crippen LogP contribution in [0.1, 0.15) is 13.3 Å². The van der Waals surface area contributed by atoms with Crippen LogP contribution in [0, 0.1) is 0 Å². The Morgan fingerprint density at radius 1 is 1.30 bits per heavy atom. The van der Waals surface area contributed by atoms with Crippen molar-refractivity contribution >= 4 is 27.7 Å². The molecule has 0 atom stereocenters. The van der Waals surface area contributed by atoms with Gasteiger partial charge in [0.25, 0.3) is 10.2 Å². The van der Waals surface area contributed by atoms with Crippen LogP contribution in [0.15, 0.2) is 24.3 Å². The summed E-state index contributed by atoms with van der Waals surface area (Å²) in [7, 11) is -3.54. The van der Waals surface area contributed by atoms with E-state index in [0.717, 1.165) is 6.42 Å². The predicted molar refractivity (Wildman–Crippen MR) is 76.0 cm³/mol. The number of benzene rings is 1. The van der Waals surface area contributed by atoms with Crippen molar-refractivity contribution in [1.82, 2.24) is 4.72 Å². The Kier molecular flexibility index (Phi) is 4.46. The highest BCUT2D eigenvalue weighted by Gasteiger charge is 2.23. The van der Waals surface area contributed by atoms with Gasteiger partial charge >= 0.3 is 6.09 Å². The molecule has 1 aliphatic heterocycles. The van der Waals surface area contributed by atoms with Crippen molar-refractivity contribution in [1.29, 1.82) is 0 Å². The topological polar surface area (TPSA) is 87.7 Å². The summed E-state index contributed by atoms with van der Waals surface area (Å²) in [6, 6.07) is 6.55. The van der Waals surface area contributed by atoms with E-state index in [9.17, 15) is 13.2 Å². The highest BCUT2D eigenvalue weighted by atomic mass is 32.2. The number of hydrogen-bond acceptors (Lipinski definition) is 4. The molecule has 0 unspecified atom stereocenters. The lowest BCUT2D eigenvalue weighted by Crippen LogP contribution is -2.30. The molecule has 1 amide bonds. The third-order valence-electron chi connectivity index (χ3n) is 2.73. The molecule has 0 bridgehead atoms. The lowest BCUT2D eigenvalue weighted by atomic mass is 10.2. The zero-order valence-corrected chi connectivity index (χ0v) is 11.9. The quantitative estimate of drug-likeness (QED) is 0.828. The van der Waals surface area contributed by atoms with Gasteiger partial charge in [-0.15, -0.1) is 0 Å². The molecular formula is C12H17N3O4S. The first-order chi connectivity index (χ1) is 9.52. The van der Waals surface area contributed by atoms with Crippen LogP contribution < -0.4 is 14.3 Å². The molecule has 1 saturated heterocycles. The monoisotopic (exact) mass is 299 g/mol. The summed E-state index contributed by atoms with van der Waals surface area (Å²) in [6.07, 6.45) is 0.333. The van der Waals surface area contributed by atoms with Crippen molar-refractivity contribution in [2.75, 3.05) is 29.3 Å². The second-order valence-electron chi connectivity index (χ2n) is 4.31. The summed E-state index contributed by atoms with van der Waals surface area (Å²) in [5.41, 5.74) is 1.11. The summed E-state index contributed by atoms with van der Waals surface area (Å²) < 4.78 is 33.0. The maximum atomic E-state index is 11.6. The first-order valence-corrected chi connectivity index (χ1v) is 7.82. The number of amides is 1. The van der Waals surface area contributed by atoms with Crippen molar-refractivity contribution in [3.8, 4) is 0 Å². The first kappa shape index (κ1) is 14.6. The Labute approximate surface area is 118 Å². The van der Waals surface area contributed by atoms with Crippen LogP contribution in [0.3, 0.4) is 0 Å². The van der Waals surface area contributed by atoms with E-state index in [-0.39, 0.29) is 6.09 Å². The predicted octanol–water partition coefficient (Wildman–Crippen LogP) is 1.30. The van der Waals surface area contributed by atoms with Gasteiger partial charge in [-0.25, -0.2) is 4.79 Å². The van der Waals surface area contributed by atoms with E-state index in [1.54, 1.807) is 24.3 Å². The molecule has 20 heavy (non-hydrogen) atoms. The molecule has 1 aromatic rings. The fraction of sp³-hybridized carbons (Fsp3) is 0.417. The molecule has 0 saturated carbocycles. The summed E-state index contributed by atoms with van der Waals surface area (Å²) in [5.74, 6) is 0. The minimum absolute atomic E-state index is 0.369. The normalized spacial score (nSPS) is 15.2. The number of rotatable bonds is 6. The number of nitrogens with zero attached hydrogens (tertiary/aromatic N) is 1. The molecule has 0 spiro atoms. The van der Waals surface area contributed by atoms with Gasteiger partial charge in [-0.1, -0.05) is 6.92 Å². The fourth-order valence-electron chi connectivity index (χ4n) is 1.77. The average molecular weight is 299 g/mol. The molecule has 0 radical (unpaired) electrons. The van der Waals surface area contributed by atoms with Gasteiger partial charge in [0.2, 0.25) is 0 Å². The molecule has 8 heteroatoms. The van der Waals surface area contributed by atoms with Crippen LogP contribution in [0.2, 0.25) is 0 Å². The Balaban J connectivity index is 2.03. The molecule has 0 aromatic heterocycles. The van der Waals surface area contributed by atoms with Gasteiger partial charge in [-0.3, -0.25) is 9.62 Å². The molecule has 2 rings (SSSR count). The van der Waals surface area contributed by atoms with E-state index in [1.807, 2.05) is 6.92 Å². The van der Waals surface area contributed by atoms with Gasteiger partial charge in [0, 0.05) is 17.9 Å². The number of hydrogen-bond donors (Lipinski definition) is 2. The van der Waals surface area contributed by atoms with Crippen LogP contribution in [0.25, 0.3) is 0 Å². The summed E-state index contributed by atoms with van der Waals surface area (Å²) in [5, 5.41) is 0. The minimum Gasteiger partial charge on any atom is -0.447 e. The standard InChI is InChI=1S/C12H17N3O4S/c1-2-7-13-20(17,18)14-10-3-5-11(6-4-10)15-8-9-19-12(15)16/h3-6,13-14H,2,7-9H2,1H3. The van der Waals surface area contributed by atoms with E-state index >= 15 is 0 Å². The summed E-state index contributed by atoms with van der Waals surface area (Å²) in [6.45, 7) is 3.13. The largest absolute Gasteiger partial charge is 0.447 e. The van der Waals surface area contributed by atoms with Crippen LogP contribution in [0.4, 0.5) is 16.2 Å². The van der Waals surface area contributed by atoms with E-state index < -0.39 is 10.2 Å². The zero-order valence-electron chi connectivity index (χ0n) is 11.1. The van der Waals surface area contributed by atoms with Crippen molar-refractivity contribution in [3.05, 3.63) is 24.3 Å². The third-order valence-corrected chi connectivity index (χ3v) is 3.82. The Morgan fingerprint density at radius 3 is 2.55 bits per heavy atom. The Hall–Kier alpha value is -1.80. The number of cyclic esters (lactones) is 1. The fourth-order valence-corrected chi connectivity index (χ4v) is 2.76. The molecule has 1 aliphatic rings. The molecule has 1 heterocycles. The first-order valence-electron chi connectivity index (χ1n) is 6.33. The summed E-state index contributed by atoms with van der Waals surface area (Å²) in [4.78, 5) is 12.9. The van der Waals surface area contributed by atoms with Crippen molar-refractivity contribution in [3.63, 3.8) is 0 Å². The smallest absolute Gasteiger partial charge is 0.414 e. The van der Waals surface area contributed by atoms with Gasteiger partial charge in [0.15, 0.2) is 0 Å². The van der Waals surface area contributed by atoms with Crippen molar-refractivity contribution < 1.29 is 17.9 Å². The molecule has 7 nitrogen and oxygen atoms in total.